The molecule has 1 fully saturated rings. The largest absolute Gasteiger partial charge is 0.422 e. The maximum absolute atomic E-state index is 12.1. The summed E-state index contributed by atoms with van der Waals surface area (Å²) in [6, 6.07) is 7.74. The normalized spacial score (nSPS) is 16.0. The van der Waals surface area contributed by atoms with Gasteiger partial charge >= 0.3 is 5.63 Å². The molecule has 1 aromatic heterocycles. The molecule has 0 unspecified atom stereocenters. The summed E-state index contributed by atoms with van der Waals surface area (Å²) in [5.41, 5.74) is 1.92. The second kappa shape index (κ2) is 5.82. The molecule has 114 valence electrons. The van der Waals surface area contributed by atoms with E-state index in [0.717, 1.165) is 49.4 Å². The van der Waals surface area contributed by atoms with Gasteiger partial charge in [0.15, 0.2) is 5.56 Å². The van der Waals surface area contributed by atoms with Gasteiger partial charge in [0.25, 0.3) is 0 Å². The Bertz CT molecular complexity index is 796. The van der Waals surface area contributed by atoms with E-state index in [1.54, 1.807) is 6.07 Å². The van der Waals surface area contributed by atoms with Gasteiger partial charge in [0.05, 0.1) is 5.69 Å². The highest BCUT2D eigenvalue weighted by atomic mass is 16.4. The first-order valence-electron chi connectivity index (χ1n) is 7.59. The molecule has 5 heteroatoms. The zero-order chi connectivity index (χ0) is 15.7. The van der Waals surface area contributed by atoms with Gasteiger partial charge in [-0.25, -0.2) is 4.79 Å². The summed E-state index contributed by atoms with van der Waals surface area (Å²) in [4.78, 5) is 16.6. The topological polar surface area (TPSA) is 60.5 Å². The number of anilines is 1. The van der Waals surface area contributed by atoms with Crippen LogP contribution < -0.4 is 10.5 Å². The van der Waals surface area contributed by atoms with Crippen molar-refractivity contribution in [2.75, 3.05) is 37.6 Å². The Morgan fingerprint density at radius 3 is 2.64 bits per heavy atom. The van der Waals surface area contributed by atoms with Crippen LogP contribution in [0.1, 0.15) is 18.1 Å². The van der Waals surface area contributed by atoms with Crippen LogP contribution in [0.2, 0.25) is 0 Å². The summed E-state index contributed by atoms with van der Waals surface area (Å²) in [5.74, 6) is 0. The molecule has 2 heterocycles. The van der Waals surface area contributed by atoms with Gasteiger partial charge in [-0.2, -0.15) is 5.26 Å². The van der Waals surface area contributed by atoms with Crippen molar-refractivity contribution < 1.29 is 4.42 Å². The van der Waals surface area contributed by atoms with Crippen molar-refractivity contribution in [2.45, 2.75) is 13.8 Å². The fourth-order valence-electron chi connectivity index (χ4n) is 3.01. The predicted octanol–water partition coefficient (Wildman–Crippen LogP) is 2.12. The predicted molar refractivity (Wildman–Crippen MR) is 86.3 cm³/mol. The fraction of sp³-hybridized carbons (Fsp3) is 0.412. The summed E-state index contributed by atoms with van der Waals surface area (Å²) in [5, 5.41) is 10.3. The second-order valence-electron chi connectivity index (χ2n) is 5.65. The van der Waals surface area contributed by atoms with Gasteiger partial charge in [0.1, 0.15) is 11.7 Å². The molecule has 1 aromatic carbocycles. The lowest BCUT2D eigenvalue weighted by Gasteiger charge is -2.36. The maximum atomic E-state index is 12.1. The first-order valence-corrected chi connectivity index (χ1v) is 7.59. The first-order chi connectivity index (χ1) is 10.6. The number of aryl methyl sites for hydroxylation is 1. The molecule has 5 nitrogen and oxygen atoms in total. The number of hydrogen-bond donors (Lipinski definition) is 0. The molecule has 0 radical (unpaired) electrons. The lowest BCUT2D eigenvalue weighted by molar-refractivity contribution is 0.271. The van der Waals surface area contributed by atoms with Gasteiger partial charge in [-0.15, -0.1) is 0 Å². The standard InChI is InChI=1S/C17H19N3O2/c1-3-19-6-8-20(9-7-19)16-13-10-12(2)4-5-15(13)22-17(21)14(16)11-18/h4-5,10H,3,6-9H2,1-2H3. The van der Waals surface area contributed by atoms with Crippen LogP contribution in [0.15, 0.2) is 27.4 Å². The monoisotopic (exact) mass is 297 g/mol. The van der Waals surface area contributed by atoms with Crippen molar-refractivity contribution in [3.05, 3.63) is 39.7 Å². The molecule has 0 saturated carbocycles. The second-order valence-corrected chi connectivity index (χ2v) is 5.65. The summed E-state index contributed by atoms with van der Waals surface area (Å²) in [7, 11) is 0. The van der Waals surface area contributed by atoms with Crippen LogP contribution >= 0.6 is 0 Å². The van der Waals surface area contributed by atoms with E-state index in [-0.39, 0.29) is 5.56 Å². The van der Waals surface area contributed by atoms with Crippen molar-refractivity contribution in [1.29, 1.82) is 5.26 Å². The zero-order valence-electron chi connectivity index (χ0n) is 12.9. The van der Waals surface area contributed by atoms with E-state index in [2.05, 4.69) is 16.7 Å². The van der Waals surface area contributed by atoms with Crippen LogP contribution in [0.5, 0.6) is 0 Å². The van der Waals surface area contributed by atoms with E-state index in [1.165, 1.54) is 0 Å². The number of piperazine rings is 1. The Morgan fingerprint density at radius 2 is 2.00 bits per heavy atom. The van der Waals surface area contributed by atoms with Crippen molar-refractivity contribution in [2.24, 2.45) is 0 Å². The van der Waals surface area contributed by atoms with Gasteiger partial charge < -0.3 is 14.2 Å². The van der Waals surface area contributed by atoms with Crippen LogP contribution in [-0.2, 0) is 0 Å². The van der Waals surface area contributed by atoms with Crippen LogP contribution in [0, 0.1) is 18.3 Å². The summed E-state index contributed by atoms with van der Waals surface area (Å²) in [6.07, 6.45) is 0. The highest BCUT2D eigenvalue weighted by molar-refractivity contribution is 5.93. The van der Waals surface area contributed by atoms with Crippen LogP contribution in [-0.4, -0.2) is 37.6 Å². The van der Waals surface area contributed by atoms with Crippen molar-refractivity contribution in [3.8, 4) is 6.07 Å². The molecule has 0 amide bonds. The smallest absolute Gasteiger partial charge is 0.356 e. The van der Waals surface area contributed by atoms with Gasteiger partial charge in [-0.3, -0.25) is 0 Å². The fourth-order valence-corrected chi connectivity index (χ4v) is 3.01. The Balaban J connectivity index is 2.16. The van der Waals surface area contributed by atoms with E-state index in [4.69, 9.17) is 4.42 Å². The lowest BCUT2D eigenvalue weighted by atomic mass is 10.1. The molecule has 0 N–H and O–H groups in total. The number of fused-ring (bicyclic) bond motifs is 1. The molecule has 1 aliphatic rings. The number of nitriles is 1. The van der Waals surface area contributed by atoms with Gasteiger partial charge in [-0.1, -0.05) is 18.6 Å². The van der Waals surface area contributed by atoms with Gasteiger partial charge in [0.2, 0.25) is 0 Å². The van der Waals surface area contributed by atoms with E-state index >= 15 is 0 Å². The molecule has 3 rings (SSSR count). The number of likely N-dealkylation sites (N-methyl/N-ethyl adjacent to an activating group) is 1. The van der Waals surface area contributed by atoms with Crippen molar-refractivity contribution >= 4 is 16.7 Å². The molecule has 0 spiro atoms. The lowest BCUT2D eigenvalue weighted by Crippen LogP contribution is -2.46. The minimum Gasteiger partial charge on any atom is -0.422 e. The molecular formula is C17H19N3O2. The van der Waals surface area contributed by atoms with Gasteiger partial charge in [-0.05, 0) is 25.6 Å². The number of hydrogen-bond acceptors (Lipinski definition) is 5. The number of nitrogens with zero attached hydrogens (tertiary/aromatic N) is 3. The van der Waals surface area contributed by atoms with Crippen LogP contribution in [0.3, 0.4) is 0 Å². The van der Waals surface area contributed by atoms with E-state index in [9.17, 15) is 10.1 Å². The van der Waals surface area contributed by atoms with Gasteiger partial charge in [0, 0.05) is 31.6 Å². The molecule has 22 heavy (non-hydrogen) atoms. The molecular weight excluding hydrogens is 278 g/mol. The average Bonchev–Trinajstić information content (AvgIpc) is 2.54. The SMILES string of the molecule is CCN1CCN(c2c(C#N)c(=O)oc3ccc(C)cc23)CC1. The van der Waals surface area contributed by atoms with Crippen molar-refractivity contribution in [1.82, 2.24) is 4.90 Å². The number of benzene rings is 1. The Labute approximate surface area is 129 Å². The molecule has 1 aliphatic heterocycles. The first kappa shape index (κ1) is 14.6. The summed E-state index contributed by atoms with van der Waals surface area (Å²) < 4.78 is 5.30. The maximum Gasteiger partial charge on any atom is 0.356 e. The van der Waals surface area contributed by atoms with E-state index in [1.807, 2.05) is 25.1 Å². The molecule has 0 atom stereocenters. The van der Waals surface area contributed by atoms with Crippen LogP contribution in [0.4, 0.5) is 5.69 Å². The van der Waals surface area contributed by atoms with E-state index in [0.29, 0.717) is 5.58 Å². The zero-order valence-corrected chi connectivity index (χ0v) is 12.9. The van der Waals surface area contributed by atoms with Crippen molar-refractivity contribution in [3.63, 3.8) is 0 Å². The molecule has 1 saturated heterocycles. The highest BCUT2D eigenvalue weighted by Crippen LogP contribution is 2.30. The summed E-state index contributed by atoms with van der Waals surface area (Å²) in [6.45, 7) is 8.67. The average molecular weight is 297 g/mol. The third-order valence-corrected chi connectivity index (χ3v) is 4.28. The minimum absolute atomic E-state index is 0.114. The molecule has 0 bridgehead atoms. The Kier molecular flexibility index (Phi) is 3.86. The van der Waals surface area contributed by atoms with Crippen LogP contribution in [0.25, 0.3) is 11.0 Å². The molecule has 0 aliphatic carbocycles. The Morgan fingerprint density at radius 1 is 1.27 bits per heavy atom. The molecule has 2 aromatic rings. The quantitative estimate of drug-likeness (QED) is 0.795. The number of rotatable bonds is 2. The minimum atomic E-state index is -0.549. The Hall–Kier alpha value is -2.32. The van der Waals surface area contributed by atoms with E-state index < -0.39 is 5.63 Å². The third-order valence-electron chi connectivity index (χ3n) is 4.28. The highest BCUT2D eigenvalue weighted by Gasteiger charge is 2.23. The third kappa shape index (κ3) is 2.46. The summed E-state index contributed by atoms with van der Waals surface area (Å²) >= 11 is 0.